The maximum Gasteiger partial charge on any atom is 0.321 e. The number of nitrogens with one attached hydrogen (secondary N) is 2. The maximum atomic E-state index is 11.8. The smallest absolute Gasteiger partial charge is 0.321 e. The van der Waals surface area contributed by atoms with Crippen molar-refractivity contribution >= 4 is 11.9 Å². The predicted molar refractivity (Wildman–Crippen MR) is 99.6 cm³/mol. The van der Waals surface area contributed by atoms with Crippen LogP contribution in [0.15, 0.2) is 18.2 Å². The molecule has 7 heteroatoms. The quantitative estimate of drug-likeness (QED) is 0.772. The van der Waals surface area contributed by atoms with Crippen LogP contribution < -0.4 is 20.1 Å². The standard InChI is InChI=1S/C19H29N3O4/c1-20-19(24)21-18(23)13-22-8-6-14(7-9-22)4-5-15-10-16(25-2)12-17(11-15)26-3/h10-12,14H,4-9,13H2,1-3H3,(H2,20,21,23,24). The van der Waals surface area contributed by atoms with Crippen molar-refractivity contribution in [3.63, 3.8) is 0 Å². The van der Waals surface area contributed by atoms with Crippen LogP contribution in [0, 0.1) is 5.92 Å². The number of hydrogen-bond acceptors (Lipinski definition) is 5. The van der Waals surface area contributed by atoms with Gasteiger partial charge in [-0.2, -0.15) is 0 Å². The zero-order chi connectivity index (χ0) is 18.9. The predicted octanol–water partition coefficient (Wildman–Crippen LogP) is 1.80. The molecule has 1 aromatic rings. The molecular weight excluding hydrogens is 334 g/mol. The zero-order valence-corrected chi connectivity index (χ0v) is 15.8. The third kappa shape index (κ3) is 6.22. The van der Waals surface area contributed by atoms with E-state index in [0.717, 1.165) is 50.3 Å². The summed E-state index contributed by atoms with van der Waals surface area (Å²) in [7, 11) is 4.81. The molecule has 1 aliphatic rings. The number of imide groups is 1. The summed E-state index contributed by atoms with van der Waals surface area (Å²) in [4.78, 5) is 25.0. The molecule has 144 valence electrons. The summed E-state index contributed by atoms with van der Waals surface area (Å²) in [5.74, 6) is 2.02. The molecule has 3 amide bonds. The molecule has 1 aliphatic heterocycles. The lowest BCUT2D eigenvalue weighted by molar-refractivity contribution is -0.121. The van der Waals surface area contributed by atoms with Gasteiger partial charge in [0.05, 0.1) is 20.8 Å². The van der Waals surface area contributed by atoms with Crippen LogP contribution in [0.3, 0.4) is 0 Å². The molecule has 0 aliphatic carbocycles. The summed E-state index contributed by atoms with van der Waals surface area (Å²) in [5.41, 5.74) is 1.22. The van der Waals surface area contributed by atoms with E-state index < -0.39 is 6.03 Å². The molecule has 0 bridgehead atoms. The Hall–Kier alpha value is -2.28. The van der Waals surface area contributed by atoms with Gasteiger partial charge >= 0.3 is 6.03 Å². The summed E-state index contributed by atoms with van der Waals surface area (Å²) >= 11 is 0. The first-order valence-electron chi connectivity index (χ1n) is 9.00. The van der Waals surface area contributed by atoms with Gasteiger partial charge in [0.15, 0.2) is 0 Å². The SMILES string of the molecule is CNC(=O)NC(=O)CN1CCC(CCc2cc(OC)cc(OC)c2)CC1. The number of carbonyl (C=O) groups excluding carboxylic acids is 2. The number of likely N-dealkylation sites (tertiary alicyclic amines) is 1. The van der Waals surface area contributed by atoms with Crippen LogP contribution in [0.25, 0.3) is 0 Å². The molecule has 0 aromatic heterocycles. The number of ether oxygens (including phenoxy) is 2. The number of hydrogen-bond donors (Lipinski definition) is 2. The first kappa shape index (κ1) is 20.0. The fourth-order valence-corrected chi connectivity index (χ4v) is 3.25. The third-order valence-electron chi connectivity index (χ3n) is 4.81. The van der Waals surface area contributed by atoms with Crippen LogP contribution in [0.4, 0.5) is 4.79 Å². The second-order valence-electron chi connectivity index (χ2n) is 6.61. The number of methoxy groups -OCH3 is 2. The second-order valence-corrected chi connectivity index (χ2v) is 6.61. The Morgan fingerprint density at radius 2 is 1.73 bits per heavy atom. The van der Waals surface area contributed by atoms with E-state index in [-0.39, 0.29) is 12.5 Å². The van der Waals surface area contributed by atoms with E-state index in [1.165, 1.54) is 12.6 Å². The van der Waals surface area contributed by atoms with Crippen LogP contribution in [0.2, 0.25) is 0 Å². The molecule has 2 N–H and O–H groups in total. The number of aryl methyl sites for hydroxylation is 1. The van der Waals surface area contributed by atoms with Crippen molar-refractivity contribution in [2.45, 2.75) is 25.7 Å². The van der Waals surface area contributed by atoms with E-state index in [9.17, 15) is 9.59 Å². The number of piperidine rings is 1. The molecule has 1 saturated heterocycles. The van der Waals surface area contributed by atoms with Gasteiger partial charge in [0, 0.05) is 13.1 Å². The molecule has 1 aromatic carbocycles. The van der Waals surface area contributed by atoms with Crippen LogP contribution in [0.5, 0.6) is 11.5 Å². The highest BCUT2D eigenvalue weighted by molar-refractivity contribution is 5.95. The molecule has 26 heavy (non-hydrogen) atoms. The fourth-order valence-electron chi connectivity index (χ4n) is 3.25. The minimum absolute atomic E-state index is 0.258. The van der Waals surface area contributed by atoms with Gasteiger partial charge in [-0.1, -0.05) is 0 Å². The van der Waals surface area contributed by atoms with E-state index in [4.69, 9.17) is 9.47 Å². The molecular formula is C19H29N3O4. The Morgan fingerprint density at radius 1 is 1.12 bits per heavy atom. The lowest BCUT2D eigenvalue weighted by atomic mass is 9.90. The summed E-state index contributed by atoms with van der Waals surface area (Å²) in [6, 6.07) is 5.53. The van der Waals surface area contributed by atoms with Crippen molar-refractivity contribution < 1.29 is 19.1 Å². The molecule has 0 unspecified atom stereocenters. The summed E-state index contributed by atoms with van der Waals surface area (Å²) < 4.78 is 10.6. The number of urea groups is 1. The molecule has 1 fully saturated rings. The van der Waals surface area contributed by atoms with Crippen molar-refractivity contribution in [2.75, 3.05) is 40.9 Å². The Morgan fingerprint density at radius 3 is 2.27 bits per heavy atom. The van der Waals surface area contributed by atoms with Crippen LogP contribution in [-0.4, -0.2) is 57.7 Å². The Balaban J connectivity index is 1.75. The minimum Gasteiger partial charge on any atom is -0.497 e. The lowest BCUT2D eigenvalue weighted by Crippen LogP contribution is -2.45. The average Bonchev–Trinajstić information content (AvgIpc) is 2.66. The van der Waals surface area contributed by atoms with Crippen molar-refractivity contribution in [1.29, 1.82) is 0 Å². The normalized spacial score (nSPS) is 15.3. The van der Waals surface area contributed by atoms with Gasteiger partial charge in [0.25, 0.3) is 0 Å². The number of rotatable bonds is 7. The molecule has 0 radical (unpaired) electrons. The van der Waals surface area contributed by atoms with Crippen molar-refractivity contribution in [3.8, 4) is 11.5 Å². The van der Waals surface area contributed by atoms with Gasteiger partial charge in [-0.05, 0) is 62.4 Å². The van der Waals surface area contributed by atoms with Crippen LogP contribution in [0.1, 0.15) is 24.8 Å². The Labute approximate surface area is 155 Å². The minimum atomic E-state index is -0.460. The number of benzene rings is 1. The molecule has 1 heterocycles. The molecule has 7 nitrogen and oxygen atoms in total. The van der Waals surface area contributed by atoms with Gasteiger partial charge in [-0.15, -0.1) is 0 Å². The maximum absolute atomic E-state index is 11.8. The van der Waals surface area contributed by atoms with E-state index in [1.54, 1.807) is 14.2 Å². The van der Waals surface area contributed by atoms with E-state index >= 15 is 0 Å². The van der Waals surface area contributed by atoms with Crippen molar-refractivity contribution in [2.24, 2.45) is 5.92 Å². The molecule has 0 atom stereocenters. The first-order chi connectivity index (χ1) is 12.5. The average molecular weight is 363 g/mol. The number of carbonyl (C=O) groups is 2. The highest BCUT2D eigenvalue weighted by Gasteiger charge is 2.21. The zero-order valence-electron chi connectivity index (χ0n) is 15.8. The summed E-state index contributed by atoms with van der Waals surface area (Å²) in [6.45, 7) is 2.04. The van der Waals surface area contributed by atoms with E-state index in [0.29, 0.717) is 5.92 Å². The van der Waals surface area contributed by atoms with Gasteiger partial charge in [-0.25, -0.2) is 4.79 Å². The molecule has 2 rings (SSSR count). The number of amides is 3. The fraction of sp³-hybridized carbons (Fsp3) is 0.579. The second kappa shape index (κ2) is 10.0. The summed E-state index contributed by atoms with van der Waals surface area (Å²) in [5, 5.41) is 4.68. The van der Waals surface area contributed by atoms with Crippen molar-refractivity contribution in [1.82, 2.24) is 15.5 Å². The third-order valence-corrected chi connectivity index (χ3v) is 4.81. The van der Waals surface area contributed by atoms with Gasteiger partial charge in [0.2, 0.25) is 5.91 Å². The van der Waals surface area contributed by atoms with E-state index in [1.807, 2.05) is 6.07 Å². The summed E-state index contributed by atoms with van der Waals surface area (Å²) in [6.07, 6.45) is 4.21. The van der Waals surface area contributed by atoms with E-state index in [2.05, 4.69) is 27.7 Å². The topological polar surface area (TPSA) is 79.9 Å². The van der Waals surface area contributed by atoms with Gasteiger partial charge < -0.3 is 14.8 Å². The Kier molecular flexibility index (Phi) is 7.72. The highest BCUT2D eigenvalue weighted by Crippen LogP contribution is 2.26. The van der Waals surface area contributed by atoms with Crippen LogP contribution in [-0.2, 0) is 11.2 Å². The first-order valence-corrected chi connectivity index (χ1v) is 9.00. The van der Waals surface area contributed by atoms with Gasteiger partial charge in [0.1, 0.15) is 11.5 Å². The molecule has 0 spiro atoms. The van der Waals surface area contributed by atoms with Gasteiger partial charge in [-0.3, -0.25) is 15.0 Å². The number of nitrogens with zero attached hydrogens (tertiary/aromatic N) is 1. The monoisotopic (exact) mass is 363 g/mol. The highest BCUT2D eigenvalue weighted by atomic mass is 16.5. The lowest BCUT2D eigenvalue weighted by Gasteiger charge is -2.31. The largest absolute Gasteiger partial charge is 0.497 e. The Bertz CT molecular complexity index is 591. The molecule has 0 saturated carbocycles. The van der Waals surface area contributed by atoms with Crippen molar-refractivity contribution in [3.05, 3.63) is 23.8 Å². The van der Waals surface area contributed by atoms with Crippen LogP contribution >= 0.6 is 0 Å².